The van der Waals surface area contributed by atoms with Crippen molar-refractivity contribution < 1.29 is 14.7 Å². The number of hydrogen-bond acceptors (Lipinski definition) is 3. The molecule has 3 aromatic rings. The Labute approximate surface area is 155 Å². The number of carboxylic acids is 1. The smallest absolute Gasteiger partial charge is 0.335 e. The zero-order valence-corrected chi connectivity index (χ0v) is 14.5. The number of nitrogens with zero attached hydrogens (tertiary/aromatic N) is 2. The fourth-order valence-electron chi connectivity index (χ4n) is 2.56. The van der Waals surface area contributed by atoms with Gasteiger partial charge in [0, 0.05) is 17.3 Å². The molecule has 26 heavy (non-hydrogen) atoms. The van der Waals surface area contributed by atoms with E-state index in [1.807, 2.05) is 24.3 Å². The Kier molecular flexibility index (Phi) is 5.34. The van der Waals surface area contributed by atoms with E-state index in [4.69, 9.17) is 11.6 Å². The summed E-state index contributed by atoms with van der Waals surface area (Å²) >= 11 is 6.14. The van der Waals surface area contributed by atoms with Crippen LogP contribution in [-0.4, -0.2) is 26.8 Å². The molecule has 0 saturated carbocycles. The van der Waals surface area contributed by atoms with E-state index in [-0.39, 0.29) is 17.9 Å². The lowest BCUT2D eigenvalue weighted by Gasteiger charge is -2.06. The number of carbonyl (C=O) groups excluding carboxylic acids is 1. The maximum atomic E-state index is 12.2. The molecule has 0 unspecified atom stereocenters. The largest absolute Gasteiger partial charge is 0.478 e. The molecule has 2 N–H and O–H groups in total. The summed E-state index contributed by atoms with van der Waals surface area (Å²) in [6.07, 6.45) is 1.70. The van der Waals surface area contributed by atoms with E-state index in [1.54, 1.807) is 35.1 Å². The fourth-order valence-corrected chi connectivity index (χ4v) is 2.76. The van der Waals surface area contributed by atoms with Crippen LogP contribution in [0.5, 0.6) is 0 Å². The number of rotatable bonds is 6. The Bertz CT molecular complexity index is 952. The van der Waals surface area contributed by atoms with Crippen molar-refractivity contribution in [3.8, 4) is 0 Å². The van der Waals surface area contributed by atoms with Crippen molar-refractivity contribution in [3.05, 3.63) is 82.5 Å². The molecule has 0 fully saturated rings. The quantitative estimate of drug-likeness (QED) is 0.696. The van der Waals surface area contributed by atoms with Crippen molar-refractivity contribution >= 4 is 29.3 Å². The van der Waals surface area contributed by atoms with E-state index in [1.165, 1.54) is 6.07 Å². The molecule has 132 valence electrons. The molecule has 1 aromatic heterocycles. The molecule has 2 aromatic carbocycles. The Morgan fingerprint density at radius 3 is 2.46 bits per heavy atom. The first kappa shape index (κ1) is 17.7. The van der Waals surface area contributed by atoms with Gasteiger partial charge in [0.25, 0.3) is 0 Å². The second-order valence-corrected chi connectivity index (χ2v) is 6.08. The number of carbonyl (C=O) groups is 2. The van der Waals surface area contributed by atoms with Gasteiger partial charge in [-0.1, -0.05) is 48.0 Å². The SMILES string of the molecule is O=C(Cc1ccccc1C(=O)O)Nc1ccn(Cc2ccccc2Cl)n1. The first-order chi connectivity index (χ1) is 12.5. The number of aromatic nitrogens is 2. The van der Waals surface area contributed by atoms with Gasteiger partial charge in [0.05, 0.1) is 18.5 Å². The second kappa shape index (κ2) is 7.84. The zero-order valence-electron chi connectivity index (χ0n) is 13.7. The summed E-state index contributed by atoms with van der Waals surface area (Å²) in [5.41, 5.74) is 1.49. The normalized spacial score (nSPS) is 10.5. The average molecular weight is 370 g/mol. The fraction of sp³-hybridized carbons (Fsp3) is 0.105. The Hall–Kier alpha value is -3.12. The lowest BCUT2D eigenvalue weighted by Crippen LogP contribution is -2.17. The third kappa shape index (κ3) is 4.29. The van der Waals surface area contributed by atoms with Gasteiger partial charge in [-0.2, -0.15) is 5.10 Å². The monoisotopic (exact) mass is 369 g/mol. The van der Waals surface area contributed by atoms with Crippen LogP contribution < -0.4 is 5.32 Å². The predicted octanol–water partition coefficient (Wildman–Crippen LogP) is 3.46. The lowest BCUT2D eigenvalue weighted by atomic mass is 10.0. The maximum Gasteiger partial charge on any atom is 0.335 e. The topological polar surface area (TPSA) is 84.2 Å². The van der Waals surface area contributed by atoms with Crippen LogP contribution in [0.3, 0.4) is 0 Å². The number of aromatic carboxylic acids is 1. The summed E-state index contributed by atoms with van der Waals surface area (Å²) in [6, 6.07) is 15.6. The number of carboxylic acid groups (broad SMARTS) is 1. The van der Waals surface area contributed by atoms with Gasteiger partial charge in [0.2, 0.25) is 5.91 Å². The zero-order chi connectivity index (χ0) is 18.5. The standard InChI is InChI=1S/C19H16ClN3O3/c20-16-8-4-2-6-14(16)12-23-10-9-17(22-23)21-18(24)11-13-5-1-3-7-15(13)19(25)26/h1-10H,11-12H2,(H,25,26)(H,21,22,24). The van der Waals surface area contributed by atoms with Crippen molar-refractivity contribution in [2.45, 2.75) is 13.0 Å². The number of halogens is 1. The number of amides is 1. The van der Waals surface area contributed by atoms with Crippen LogP contribution in [0.15, 0.2) is 60.8 Å². The minimum atomic E-state index is -1.06. The molecule has 0 radical (unpaired) electrons. The molecular weight excluding hydrogens is 354 g/mol. The van der Waals surface area contributed by atoms with Gasteiger partial charge < -0.3 is 10.4 Å². The highest BCUT2D eigenvalue weighted by Gasteiger charge is 2.13. The summed E-state index contributed by atoms with van der Waals surface area (Å²) in [4.78, 5) is 23.4. The van der Waals surface area contributed by atoms with Gasteiger partial charge in [-0.25, -0.2) is 4.79 Å². The molecular formula is C19H16ClN3O3. The Balaban J connectivity index is 1.65. The molecule has 0 saturated heterocycles. The van der Waals surface area contributed by atoms with Crippen LogP contribution >= 0.6 is 11.6 Å². The number of benzene rings is 2. The van der Waals surface area contributed by atoms with Crippen LogP contribution in [0.4, 0.5) is 5.82 Å². The van der Waals surface area contributed by atoms with Crippen molar-refractivity contribution in [2.24, 2.45) is 0 Å². The average Bonchev–Trinajstić information content (AvgIpc) is 3.04. The van der Waals surface area contributed by atoms with Crippen LogP contribution in [0.2, 0.25) is 5.02 Å². The van der Waals surface area contributed by atoms with Gasteiger partial charge in [0.1, 0.15) is 0 Å². The maximum absolute atomic E-state index is 12.2. The molecule has 1 heterocycles. The van der Waals surface area contributed by atoms with Crippen molar-refractivity contribution in [3.63, 3.8) is 0 Å². The van der Waals surface area contributed by atoms with E-state index >= 15 is 0 Å². The Morgan fingerprint density at radius 2 is 1.73 bits per heavy atom. The van der Waals surface area contributed by atoms with Gasteiger partial charge in [-0.15, -0.1) is 0 Å². The van der Waals surface area contributed by atoms with E-state index in [0.29, 0.717) is 22.9 Å². The minimum Gasteiger partial charge on any atom is -0.478 e. The lowest BCUT2D eigenvalue weighted by molar-refractivity contribution is -0.115. The van der Waals surface area contributed by atoms with Crippen LogP contribution in [0.1, 0.15) is 21.5 Å². The number of nitrogens with one attached hydrogen (secondary N) is 1. The first-order valence-corrected chi connectivity index (χ1v) is 8.28. The van der Waals surface area contributed by atoms with Crippen molar-refractivity contribution in [1.82, 2.24) is 9.78 Å². The molecule has 0 aliphatic rings. The van der Waals surface area contributed by atoms with E-state index in [9.17, 15) is 14.7 Å². The van der Waals surface area contributed by atoms with Gasteiger partial charge >= 0.3 is 5.97 Å². The van der Waals surface area contributed by atoms with E-state index in [2.05, 4.69) is 10.4 Å². The van der Waals surface area contributed by atoms with E-state index in [0.717, 1.165) is 5.56 Å². The van der Waals surface area contributed by atoms with Gasteiger partial charge in [-0.3, -0.25) is 9.48 Å². The second-order valence-electron chi connectivity index (χ2n) is 5.68. The Morgan fingerprint density at radius 1 is 1.04 bits per heavy atom. The third-order valence-corrected chi connectivity index (χ3v) is 4.17. The van der Waals surface area contributed by atoms with Crippen LogP contribution in [0.25, 0.3) is 0 Å². The van der Waals surface area contributed by atoms with Gasteiger partial charge in [0.15, 0.2) is 5.82 Å². The molecule has 3 rings (SSSR count). The van der Waals surface area contributed by atoms with Crippen molar-refractivity contribution in [1.29, 1.82) is 0 Å². The molecule has 7 heteroatoms. The highest BCUT2D eigenvalue weighted by Crippen LogP contribution is 2.17. The first-order valence-electron chi connectivity index (χ1n) is 7.91. The highest BCUT2D eigenvalue weighted by atomic mass is 35.5. The molecule has 0 aliphatic heterocycles. The van der Waals surface area contributed by atoms with Gasteiger partial charge in [-0.05, 0) is 23.3 Å². The minimum absolute atomic E-state index is 0.0418. The van der Waals surface area contributed by atoms with E-state index < -0.39 is 5.97 Å². The third-order valence-electron chi connectivity index (χ3n) is 3.80. The molecule has 0 aliphatic carbocycles. The molecule has 0 spiro atoms. The molecule has 1 amide bonds. The van der Waals surface area contributed by atoms with Crippen LogP contribution in [0, 0.1) is 0 Å². The number of anilines is 1. The summed E-state index contributed by atoms with van der Waals surface area (Å²) in [5.74, 6) is -0.992. The molecule has 6 nitrogen and oxygen atoms in total. The summed E-state index contributed by atoms with van der Waals surface area (Å²) in [6.45, 7) is 0.484. The summed E-state index contributed by atoms with van der Waals surface area (Å²) in [7, 11) is 0. The molecule has 0 bridgehead atoms. The summed E-state index contributed by atoms with van der Waals surface area (Å²) < 4.78 is 1.67. The number of hydrogen-bond donors (Lipinski definition) is 2. The summed E-state index contributed by atoms with van der Waals surface area (Å²) in [5, 5.41) is 16.8. The van der Waals surface area contributed by atoms with Crippen molar-refractivity contribution in [2.75, 3.05) is 5.32 Å². The van der Waals surface area contributed by atoms with Crippen LogP contribution in [-0.2, 0) is 17.8 Å². The highest BCUT2D eigenvalue weighted by molar-refractivity contribution is 6.31. The predicted molar refractivity (Wildman–Crippen MR) is 98.5 cm³/mol. The molecule has 0 atom stereocenters.